The second kappa shape index (κ2) is 4.05. The zero-order valence-corrected chi connectivity index (χ0v) is 10.1. The lowest BCUT2D eigenvalue weighted by Crippen LogP contribution is -2.30. The predicted molar refractivity (Wildman–Crippen MR) is 66.1 cm³/mol. The van der Waals surface area contributed by atoms with Crippen LogP contribution in [0.15, 0.2) is 24.3 Å². The van der Waals surface area contributed by atoms with Gasteiger partial charge < -0.3 is 9.88 Å². The molecule has 0 aliphatic rings. The second-order valence-electron chi connectivity index (χ2n) is 4.20. The smallest absolute Gasteiger partial charge is 0.294 e. The van der Waals surface area contributed by atoms with E-state index in [1.165, 1.54) is 4.90 Å². The summed E-state index contributed by atoms with van der Waals surface area (Å²) in [5.74, 6) is -0.970. The molecule has 0 bridgehead atoms. The van der Waals surface area contributed by atoms with Crippen LogP contribution in [0.25, 0.3) is 10.9 Å². The number of aryl methyl sites for hydroxylation is 1. The molecule has 1 aromatic carbocycles. The fraction of sp³-hybridized carbons (Fsp3) is 0.231. The number of aromatic nitrogens is 1. The standard InChI is InChI=1S/C13H14N2O2/c1-8-11(12(16)13(17)15(2)3)9-6-4-5-7-10(9)14-8/h4-7,14H,1-3H3. The van der Waals surface area contributed by atoms with E-state index >= 15 is 0 Å². The lowest BCUT2D eigenvalue weighted by Gasteiger charge is -2.08. The number of likely N-dealkylation sites (N-methyl/N-ethyl adjacent to an activating group) is 1. The molecule has 1 amide bonds. The number of para-hydroxylation sites is 1. The van der Waals surface area contributed by atoms with Crippen molar-refractivity contribution in [1.29, 1.82) is 0 Å². The Balaban J connectivity index is 2.59. The van der Waals surface area contributed by atoms with Crippen molar-refractivity contribution in [3.63, 3.8) is 0 Å². The average Bonchev–Trinajstić information content (AvgIpc) is 2.62. The van der Waals surface area contributed by atoms with Crippen LogP contribution in [0.2, 0.25) is 0 Å². The van der Waals surface area contributed by atoms with Gasteiger partial charge in [0.05, 0.1) is 5.56 Å². The van der Waals surface area contributed by atoms with Crippen molar-refractivity contribution in [1.82, 2.24) is 9.88 Å². The molecule has 0 spiro atoms. The van der Waals surface area contributed by atoms with E-state index in [-0.39, 0.29) is 0 Å². The number of fused-ring (bicyclic) bond motifs is 1. The summed E-state index contributed by atoms with van der Waals surface area (Å²) in [6.07, 6.45) is 0. The first-order valence-electron chi connectivity index (χ1n) is 5.35. The summed E-state index contributed by atoms with van der Waals surface area (Å²) in [7, 11) is 3.15. The van der Waals surface area contributed by atoms with Crippen LogP contribution in [0.1, 0.15) is 16.1 Å². The van der Waals surface area contributed by atoms with Crippen LogP contribution in [-0.2, 0) is 4.79 Å². The number of hydrogen-bond acceptors (Lipinski definition) is 2. The Morgan fingerprint density at radius 3 is 2.47 bits per heavy atom. The van der Waals surface area contributed by atoms with E-state index in [0.717, 1.165) is 16.6 Å². The first-order valence-corrected chi connectivity index (χ1v) is 5.35. The van der Waals surface area contributed by atoms with Gasteiger partial charge >= 0.3 is 0 Å². The van der Waals surface area contributed by atoms with Crippen LogP contribution < -0.4 is 0 Å². The molecule has 0 unspecified atom stereocenters. The molecule has 0 saturated carbocycles. The minimum atomic E-state index is -0.502. The topological polar surface area (TPSA) is 53.2 Å². The number of aromatic amines is 1. The van der Waals surface area contributed by atoms with Crippen LogP contribution in [0, 0.1) is 6.92 Å². The Hall–Kier alpha value is -2.10. The van der Waals surface area contributed by atoms with Crippen molar-refractivity contribution in [3.05, 3.63) is 35.5 Å². The van der Waals surface area contributed by atoms with Crippen LogP contribution >= 0.6 is 0 Å². The molecule has 1 N–H and O–H groups in total. The third-order valence-corrected chi connectivity index (χ3v) is 2.72. The maximum Gasteiger partial charge on any atom is 0.294 e. The number of carbonyl (C=O) groups excluding carboxylic acids is 2. The van der Waals surface area contributed by atoms with Crippen molar-refractivity contribution in [2.24, 2.45) is 0 Å². The Bertz CT molecular complexity index is 596. The fourth-order valence-electron chi connectivity index (χ4n) is 1.88. The number of nitrogens with one attached hydrogen (secondary N) is 1. The van der Waals surface area contributed by atoms with E-state index in [0.29, 0.717) is 5.56 Å². The van der Waals surface area contributed by atoms with Gasteiger partial charge in [0.25, 0.3) is 11.7 Å². The highest BCUT2D eigenvalue weighted by Gasteiger charge is 2.23. The third-order valence-electron chi connectivity index (χ3n) is 2.72. The van der Waals surface area contributed by atoms with Gasteiger partial charge in [-0.15, -0.1) is 0 Å². The molecule has 17 heavy (non-hydrogen) atoms. The Morgan fingerprint density at radius 2 is 1.82 bits per heavy atom. The first kappa shape index (κ1) is 11.4. The van der Waals surface area contributed by atoms with Gasteiger partial charge in [0, 0.05) is 30.7 Å². The highest BCUT2D eigenvalue weighted by Crippen LogP contribution is 2.22. The number of nitrogens with zero attached hydrogens (tertiary/aromatic N) is 1. The summed E-state index contributed by atoms with van der Waals surface area (Å²) < 4.78 is 0. The van der Waals surface area contributed by atoms with Gasteiger partial charge in [-0.3, -0.25) is 9.59 Å². The summed E-state index contributed by atoms with van der Waals surface area (Å²) in [5.41, 5.74) is 2.07. The van der Waals surface area contributed by atoms with Gasteiger partial charge in [-0.1, -0.05) is 18.2 Å². The molecule has 0 radical (unpaired) electrons. The summed E-state index contributed by atoms with van der Waals surface area (Å²) in [6, 6.07) is 7.47. The maximum absolute atomic E-state index is 12.1. The van der Waals surface area contributed by atoms with Crippen molar-refractivity contribution in [3.8, 4) is 0 Å². The molecule has 0 atom stereocenters. The monoisotopic (exact) mass is 230 g/mol. The van der Waals surface area contributed by atoms with Gasteiger partial charge in [-0.2, -0.15) is 0 Å². The second-order valence-corrected chi connectivity index (χ2v) is 4.20. The maximum atomic E-state index is 12.1. The summed E-state index contributed by atoms with van der Waals surface area (Å²) in [5, 5.41) is 0.796. The molecule has 2 aromatic rings. The van der Waals surface area contributed by atoms with Crippen molar-refractivity contribution < 1.29 is 9.59 Å². The highest BCUT2D eigenvalue weighted by atomic mass is 16.2. The Morgan fingerprint density at radius 1 is 1.18 bits per heavy atom. The Labute approximate surface area is 99.2 Å². The van der Waals surface area contributed by atoms with Crippen LogP contribution in [0.5, 0.6) is 0 Å². The van der Waals surface area contributed by atoms with E-state index in [1.54, 1.807) is 21.0 Å². The Kier molecular flexibility index (Phi) is 2.71. The van der Waals surface area contributed by atoms with Crippen LogP contribution in [0.4, 0.5) is 0 Å². The van der Waals surface area contributed by atoms with Crippen LogP contribution in [-0.4, -0.2) is 35.7 Å². The zero-order chi connectivity index (χ0) is 12.6. The first-order chi connectivity index (χ1) is 8.02. The quantitative estimate of drug-likeness (QED) is 0.631. The molecule has 0 saturated heterocycles. The minimum Gasteiger partial charge on any atom is -0.358 e. The summed E-state index contributed by atoms with van der Waals surface area (Å²) in [4.78, 5) is 28.2. The number of hydrogen-bond donors (Lipinski definition) is 1. The molecule has 4 heteroatoms. The largest absolute Gasteiger partial charge is 0.358 e. The molecule has 0 fully saturated rings. The van der Waals surface area contributed by atoms with E-state index in [2.05, 4.69) is 4.98 Å². The molecular weight excluding hydrogens is 216 g/mol. The molecule has 0 aliphatic carbocycles. The number of rotatable bonds is 2. The van der Waals surface area contributed by atoms with Gasteiger partial charge in [0.1, 0.15) is 0 Å². The normalized spacial score (nSPS) is 10.5. The van der Waals surface area contributed by atoms with E-state index in [9.17, 15) is 9.59 Å². The number of ketones is 1. The summed E-state index contributed by atoms with van der Waals surface area (Å²) in [6.45, 7) is 1.80. The fourth-order valence-corrected chi connectivity index (χ4v) is 1.88. The van der Waals surface area contributed by atoms with E-state index < -0.39 is 11.7 Å². The summed E-state index contributed by atoms with van der Waals surface area (Å²) >= 11 is 0. The molecule has 2 rings (SSSR count). The zero-order valence-electron chi connectivity index (χ0n) is 10.1. The van der Waals surface area contributed by atoms with Gasteiger partial charge in [0.2, 0.25) is 0 Å². The lowest BCUT2D eigenvalue weighted by atomic mass is 10.1. The highest BCUT2D eigenvalue weighted by molar-refractivity contribution is 6.45. The van der Waals surface area contributed by atoms with E-state index in [1.807, 2.05) is 24.3 Å². The van der Waals surface area contributed by atoms with Crippen molar-refractivity contribution in [2.45, 2.75) is 6.92 Å². The third kappa shape index (κ3) is 1.82. The molecular formula is C13H14N2O2. The number of Topliss-reactive ketones (excluding diaryl/α,β-unsaturated/α-hetero) is 1. The van der Waals surface area contributed by atoms with E-state index in [4.69, 9.17) is 0 Å². The number of amides is 1. The number of benzene rings is 1. The van der Waals surface area contributed by atoms with Gasteiger partial charge in [0.15, 0.2) is 0 Å². The number of H-pyrrole nitrogens is 1. The molecule has 88 valence electrons. The molecule has 4 nitrogen and oxygen atoms in total. The lowest BCUT2D eigenvalue weighted by molar-refractivity contribution is -0.124. The molecule has 0 aliphatic heterocycles. The predicted octanol–water partition coefficient (Wildman–Crippen LogP) is 1.75. The molecule has 1 aromatic heterocycles. The van der Waals surface area contributed by atoms with Gasteiger partial charge in [-0.25, -0.2) is 0 Å². The molecule has 1 heterocycles. The SMILES string of the molecule is Cc1[nH]c2ccccc2c1C(=O)C(=O)N(C)C. The van der Waals surface area contributed by atoms with Crippen LogP contribution in [0.3, 0.4) is 0 Å². The minimum absolute atomic E-state index is 0.468. The van der Waals surface area contributed by atoms with Crippen molar-refractivity contribution >= 4 is 22.6 Å². The number of carbonyl (C=O) groups is 2. The van der Waals surface area contributed by atoms with Crippen molar-refractivity contribution in [2.75, 3.05) is 14.1 Å². The van der Waals surface area contributed by atoms with Gasteiger partial charge in [-0.05, 0) is 13.0 Å². The average molecular weight is 230 g/mol.